The molecule has 1 aliphatic heterocycles. The van der Waals surface area contributed by atoms with Crippen molar-refractivity contribution in [3.8, 4) is 22.1 Å². The SMILES string of the molecule is COc1ccc2c(c1)S(=O)(=O)N=C(c1c(OC)c(-c3cccs3)nn(CC3CCC3)c1=O)N2. The fraction of sp³-hybridized carbons (Fsp3) is 0.318. The first kappa shape index (κ1) is 21.7. The van der Waals surface area contributed by atoms with Crippen LogP contribution in [0.2, 0.25) is 0 Å². The summed E-state index contributed by atoms with van der Waals surface area (Å²) in [5.41, 5.74) is 0.379. The maximum atomic E-state index is 13.6. The van der Waals surface area contributed by atoms with Crippen molar-refractivity contribution in [2.75, 3.05) is 19.5 Å². The van der Waals surface area contributed by atoms with Crippen molar-refractivity contribution in [2.24, 2.45) is 10.3 Å². The number of sulfonamides is 1. The highest BCUT2D eigenvalue weighted by molar-refractivity contribution is 7.90. The molecule has 1 aromatic carbocycles. The van der Waals surface area contributed by atoms with Crippen molar-refractivity contribution in [3.63, 3.8) is 0 Å². The molecule has 1 N–H and O–H groups in total. The van der Waals surface area contributed by atoms with E-state index in [1.165, 1.54) is 36.3 Å². The summed E-state index contributed by atoms with van der Waals surface area (Å²) in [6.07, 6.45) is 3.20. The van der Waals surface area contributed by atoms with E-state index in [1.54, 1.807) is 12.1 Å². The summed E-state index contributed by atoms with van der Waals surface area (Å²) in [5.74, 6) is 0.857. The average molecular weight is 487 g/mol. The number of thiophene rings is 1. The third-order valence-corrected chi connectivity index (χ3v) is 8.09. The molecule has 0 unspecified atom stereocenters. The van der Waals surface area contributed by atoms with Gasteiger partial charge in [0.2, 0.25) is 0 Å². The Morgan fingerprint density at radius 3 is 2.67 bits per heavy atom. The third kappa shape index (κ3) is 3.80. The van der Waals surface area contributed by atoms with Crippen LogP contribution in [0.4, 0.5) is 5.69 Å². The van der Waals surface area contributed by atoms with E-state index in [4.69, 9.17) is 9.47 Å². The van der Waals surface area contributed by atoms with Crippen molar-refractivity contribution in [2.45, 2.75) is 30.7 Å². The minimum Gasteiger partial charge on any atom is -0.497 e. The number of amidine groups is 1. The molecule has 1 fully saturated rings. The normalized spacial score (nSPS) is 16.8. The molecule has 11 heteroatoms. The summed E-state index contributed by atoms with van der Waals surface area (Å²) in [6.45, 7) is 0.460. The van der Waals surface area contributed by atoms with Crippen LogP contribution in [0.25, 0.3) is 10.6 Å². The van der Waals surface area contributed by atoms with E-state index in [2.05, 4.69) is 14.8 Å². The van der Waals surface area contributed by atoms with Gasteiger partial charge in [-0.3, -0.25) is 4.79 Å². The minimum atomic E-state index is -4.09. The Morgan fingerprint density at radius 2 is 2.03 bits per heavy atom. The fourth-order valence-corrected chi connectivity index (χ4v) is 5.80. The van der Waals surface area contributed by atoms with Crippen LogP contribution in [0.3, 0.4) is 0 Å². The lowest BCUT2D eigenvalue weighted by Crippen LogP contribution is -2.36. The number of anilines is 1. The first-order valence-corrected chi connectivity index (χ1v) is 12.8. The monoisotopic (exact) mass is 486 g/mol. The van der Waals surface area contributed by atoms with Crippen molar-refractivity contribution in [1.82, 2.24) is 9.78 Å². The molecule has 0 atom stereocenters. The van der Waals surface area contributed by atoms with E-state index in [9.17, 15) is 13.2 Å². The van der Waals surface area contributed by atoms with Crippen LogP contribution in [0.1, 0.15) is 24.8 Å². The molecule has 3 heterocycles. The van der Waals surface area contributed by atoms with Gasteiger partial charge < -0.3 is 14.8 Å². The van der Waals surface area contributed by atoms with Gasteiger partial charge in [-0.2, -0.15) is 13.5 Å². The van der Waals surface area contributed by atoms with E-state index >= 15 is 0 Å². The van der Waals surface area contributed by atoms with Crippen molar-refractivity contribution in [1.29, 1.82) is 0 Å². The fourth-order valence-electron chi connectivity index (χ4n) is 3.96. The van der Waals surface area contributed by atoms with Crippen molar-refractivity contribution >= 4 is 32.9 Å². The largest absolute Gasteiger partial charge is 0.497 e. The molecule has 172 valence electrons. The van der Waals surface area contributed by atoms with Gasteiger partial charge in [-0.25, -0.2) is 4.68 Å². The molecule has 0 saturated heterocycles. The lowest BCUT2D eigenvalue weighted by atomic mass is 9.85. The van der Waals surface area contributed by atoms with Crippen LogP contribution in [-0.2, 0) is 16.6 Å². The maximum absolute atomic E-state index is 13.6. The summed E-state index contributed by atoms with van der Waals surface area (Å²) in [5, 5.41) is 9.53. The van der Waals surface area contributed by atoms with Crippen LogP contribution in [0.15, 0.2) is 49.8 Å². The molecule has 0 amide bonds. The Labute approximate surface area is 194 Å². The predicted octanol–water partition coefficient (Wildman–Crippen LogP) is 3.35. The standard InChI is InChI=1S/C22H22N4O5S2/c1-30-14-8-9-15-17(11-14)33(28,29)25-21(23-15)18-20(31-2)19(16-7-4-10-32-16)24-26(22(18)27)12-13-5-3-6-13/h4,7-11,13H,3,5-6,12H2,1-2H3,(H,23,25). The Kier molecular flexibility index (Phi) is 5.45. The van der Waals surface area contributed by atoms with Gasteiger partial charge in [0.05, 0.1) is 24.8 Å². The lowest BCUT2D eigenvalue weighted by molar-refractivity contribution is 0.261. The quantitative estimate of drug-likeness (QED) is 0.569. The molecule has 0 spiro atoms. The smallest absolute Gasteiger partial charge is 0.286 e. The summed E-state index contributed by atoms with van der Waals surface area (Å²) >= 11 is 1.46. The minimum absolute atomic E-state index is 0.0214. The van der Waals surface area contributed by atoms with Gasteiger partial charge in [0, 0.05) is 12.6 Å². The average Bonchev–Trinajstić information content (AvgIpc) is 3.30. The second-order valence-corrected chi connectivity index (χ2v) is 10.4. The second kappa shape index (κ2) is 8.31. The van der Waals surface area contributed by atoms with Crippen LogP contribution in [0, 0.1) is 5.92 Å². The van der Waals surface area contributed by atoms with Gasteiger partial charge in [0.1, 0.15) is 21.9 Å². The highest BCUT2D eigenvalue weighted by Crippen LogP contribution is 2.37. The first-order valence-electron chi connectivity index (χ1n) is 10.4. The van der Waals surface area contributed by atoms with Crippen LogP contribution in [0.5, 0.6) is 11.5 Å². The summed E-state index contributed by atoms with van der Waals surface area (Å²) in [6, 6.07) is 8.38. The van der Waals surface area contributed by atoms with Gasteiger partial charge in [-0.1, -0.05) is 12.5 Å². The first-order chi connectivity index (χ1) is 15.9. The molecule has 2 aromatic heterocycles. The summed E-state index contributed by atoms with van der Waals surface area (Å²) in [4.78, 5) is 14.3. The molecule has 2 aliphatic rings. The molecule has 1 aliphatic carbocycles. The molecule has 0 bridgehead atoms. The number of benzene rings is 1. The molecule has 0 radical (unpaired) electrons. The number of methoxy groups -OCH3 is 2. The number of rotatable bonds is 6. The van der Waals surface area contributed by atoms with E-state index in [0.29, 0.717) is 29.6 Å². The zero-order chi connectivity index (χ0) is 23.2. The van der Waals surface area contributed by atoms with E-state index in [-0.39, 0.29) is 22.0 Å². The van der Waals surface area contributed by atoms with E-state index < -0.39 is 15.6 Å². The Hall–Kier alpha value is -3.18. The van der Waals surface area contributed by atoms with Gasteiger partial charge in [-0.15, -0.1) is 15.7 Å². The zero-order valence-electron chi connectivity index (χ0n) is 18.1. The van der Waals surface area contributed by atoms with Gasteiger partial charge in [-0.05, 0) is 42.3 Å². The summed E-state index contributed by atoms with van der Waals surface area (Å²) < 4.78 is 42.2. The lowest BCUT2D eigenvalue weighted by Gasteiger charge is -2.26. The number of hydrogen-bond donors (Lipinski definition) is 1. The number of nitrogens with one attached hydrogen (secondary N) is 1. The topological polar surface area (TPSA) is 112 Å². The molecular weight excluding hydrogens is 464 g/mol. The van der Waals surface area contributed by atoms with Gasteiger partial charge in [0.25, 0.3) is 15.6 Å². The Morgan fingerprint density at radius 1 is 1.21 bits per heavy atom. The molecule has 9 nitrogen and oxygen atoms in total. The molecule has 5 rings (SSSR count). The molecule has 33 heavy (non-hydrogen) atoms. The Balaban J connectivity index is 1.72. The van der Waals surface area contributed by atoms with Crippen molar-refractivity contribution < 1.29 is 17.9 Å². The highest BCUT2D eigenvalue weighted by atomic mass is 32.2. The Bertz CT molecular complexity index is 1410. The van der Waals surface area contributed by atoms with E-state index in [1.807, 2.05) is 17.5 Å². The molecule has 3 aromatic rings. The molecular formula is C22H22N4O5S2. The number of ether oxygens (including phenoxy) is 2. The zero-order valence-corrected chi connectivity index (χ0v) is 19.7. The van der Waals surface area contributed by atoms with Crippen LogP contribution >= 0.6 is 11.3 Å². The number of hydrogen-bond acceptors (Lipinski definition) is 8. The molecule has 1 saturated carbocycles. The number of fused-ring (bicyclic) bond motifs is 1. The number of aromatic nitrogens is 2. The van der Waals surface area contributed by atoms with Crippen molar-refractivity contribution in [3.05, 3.63) is 51.6 Å². The van der Waals surface area contributed by atoms with Gasteiger partial charge in [0.15, 0.2) is 11.6 Å². The highest BCUT2D eigenvalue weighted by Gasteiger charge is 2.32. The second-order valence-electron chi connectivity index (χ2n) is 7.92. The predicted molar refractivity (Wildman–Crippen MR) is 126 cm³/mol. The van der Waals surface area contributed by atoms with Crippen LogP contribution in [-0.4, -0.2) is 38.3 Å². The van der Waals surface area contributed by atoms with Gasteiger partial charge >= 0.3 is 0 Å². The van der Waals surface area contributed by atoms with E-state index in [0.717, 1.165) is 24.1 Å². The summed E-state index contributed by atoms with van der Waals surface area (Å²) in [7, 11) is -1.20. The maximum Gasteiger partial charge on any atom is 0.286 e. The van der Waals surface area contributed by atoms with Crippen LogP contribution < -0.4 is 20.3 Å². The third-order valence-electron chi connectivity index (χ3n) is 5.89. The number of nitrogens with zero attached hydrogens (tertiary/aromatic N) is 3.